The van der Waals surface area contributed by atoms with Crippen molar-refractivity contribution in [3.8, 4) is 0 Å². The van der Waals surface area contributed by atoms with Crippen molar-refractivity contribution < 1.29 is 18.0 Å². The first-order valence-electron chi connectivity index (χ1n) is 5.25. The van der Waals surface area contributed by atoms with Gasteiger partial charge in [0.2, 0.25) is 5.95 Å². The molecule has 1 aliphatic heterocycles. The number of imidazole rings is 1. The molecule has 1 saturated heterocycles. The second-order valence-corrected chi connectivity index (χ2v) is 4.06. The lowest BCUT2D eigenvalue weighted by Crippen LogP contribution is -2.35. The predicted molar refractivity (Wildman–Crippen MR) is 54.7 cm³/mol. The molecule has 0 amide bonds. The van der Waals surface area contributed by atoms with E-state index in [1.165, 1.54) is 11.6 Å². The lowest BCUT2D eigenvalue weighted by Gasteiger charge is -2.26. The van der Waals surface area contributed by atoms with Crippen LogP contribution in [0.25, 0.3) is 0 Å². The summed E-state index contributed by atoms with van der Waals surface area (Å²) in [6, 6.07) is 0. The van der Waals surface area contributed by atoms with Crippen molar-refractivity contribution in [2.75, 3.05) is 18.0 Å². The van der Waals surface area contributed by atoms with Crippen LogP contribution in [0.3, 0.4) is 0 Å². The third-order valence-electron chi connectivity index (χ3n) is 2.75. The average Bonchev–Trinajstić information content (AvgIpc) is 2.61. The number of piperidine rings is 1. The van der Waals surface area contributed by atoms with Crippen LogP contribution in [0.15, 0.2) is 6.20 Å². The first-order valence-corrected chi connectivity index (χ1v) is 5.25. The molecule has 2 heterocycles. The zero-order valence-electron chi connectivity index (χ0n) is 9.29. The molecule has 0 saturated carbocycles. The summed E-state index contributed by atoms with van der Waals surface area (Å²) < 4.78 is 38.7. The van der Waals surface area contributed by atoms with Crippen LogP contribution < -0.4 is 4.90 Å². The summed E-state index contributed by atoms with van der Waals surface area (Å²) in [7, 11) is 1.52. The number of hydrogen-bond acceptors (Lipinski definition) is 3. The van der Waals surface area contributed by atoms with E-state index in [1.807, 2.05) is 0 Å². The zero-order valence-corrected chi connectivity index (χ0v) is 9.29. The largest absolute Gasteiger partial charge is 0.434 e. The highest BCUT2D eigenvalue weighted by atomic mass is 19.4. The van der Waals surface area contributed by atoms with Gasteiger partial charge in [-0.25, -0.2) is 4.98 Å². The van der Waals surface area contributed by atoms with Crippen molar-refractivity contribution in [2.24, 2.45) is 7.05 Å². The standard InChI is InChI=1S/C10H12F3N3O/c1-15-6-8(10(11,12)13)14-9(15)16-4-2-7(17)3-5-16/h6H,2-5H2,1H3. The molecule has 1 fully saturated rings. The smallest absolute Gasteiger partial charge is 0.341 e. The molecule has 94 valence electrons. The van der Waals surface area contributed by atoms with E-state index in [0.29, 0.717) is 25.9 Å². The number of rotatable bonds is 1. The number of hydrogen-bond donors (Lipinski definition) is 0. The Hall–Kier alpha value is -1.53. The molecule has 0 N–H and O–H groups in total. The second kappa shape index (κ2) is 4.05. The van der Waals surface area contributed by atoms with Crippen molar-refractivity contribution in [1.82, 2.24) is 9.55 Å². The SMILES string of the molecule is Cn1cc(C(F)(F)F)nc1N1CCC(=O)CC1. The Morgan fingerprint density at radius 2 is 1.88 bits per heavy atom. The molecule has 2 rings (SSSR count). The number of nitrogens with zero attached hydrogens (tertiary/aromatic N) is 3. The number of carbonyl (C=O) groups is 1. The minimum atomic E-state index is -4.43. The number of aromatic nitrogens is 2. The summed E-state index contributed by atoms with van der Waals surface area (Å²) in [5.41, 5.74) is -0.896. The maximum absolute atomic E-state index is 12.5. The molecule has 0 unspecified atom stereocenters. The first kappa shape index (κ1) is 11.9. The summed E-state index contributed by atoms with van der Waals surface area (Å²) in [5, 5.41) is 0. The van der Waals surface area contributed by atoms with Gasteiger partial charge in [0.25, 0.3) is 0 Å². The van der Waals surface area contributed by atoms with Crippen molar-refractivity contribution >= 4 is 11.7 Å². The van der Waals surface area contributed by atoms with Crippen LogP contribution in [0.2, 0.25) is 0 Å². The van der Waals surface area contributed by atoms with Crippen molar-refractivity contribution in [2.45, 2.75) is 19.0 Å². The molecule has 0 radical (unpaired) electrons. The Bertz CT molecular complexity index is 428. The van der Waals surface area contributed by atoms with Crippen molar-refractivity contribution in [3.05, 3.63) is 11.9 Å². The van der Waals surface area contributed by atoms with Gasteiger partial charge in [-0.15, -0.1) is 0 Å². The van der Waals surface area contributed by atoms with E-state index in [1.54, 1.807) is 4.90 Å². The summed E-state index contributed by atoms with van der Waals surface area (Å²) in [5.74, 6) is 0.413. The second-order valence-electron chi connectivity index (χ2n) is 4.06. The molecule has 0 bridgehead atoms. The third kappa shape index (κ3) is 2.42. The van der Waals surface area contributed by atoms with E-state index >= 15 is 0 Å². The van der Waals surface area contributed by atoms with E-state index in [9.17, 15) is 18.0 Å². The molecule has 0 aliphatic carbocycles. The lowest BCUT2D eigenvalue weighted by molar-refractivity contribution is -0.141. The van der Waals surface area contributed by atoms with E-state index in [0.717, 1.165) is 6.20 Å². The van der Waals surface area contributed by atoms with Crippen LogP contribution in [0.1, 0.15) is 18.5 Å². The minimum Gasteiger partial charge on any atom is -0.341 e. The van der Waals surface area contributed by atoms with Crippen molar-refractivity contribution in [1.29, 1.82) is 0 Å². The molecule has 1 aliphatic rings. The Morgan fingerprint density at radius 1 is 1.29 bits per heavy atom. The molecule has 0 atom stereocenters. The van der Waals surface area contributed by atoms with Crippen LogP contribution in [-0.2, 0) is 18.0 Å². The van der Waals surface area contributed by atoms with E-state index in [-0.39, 0.29) is 11.7 Å². The van der Waals surface area contributed by atoms with Gasteiger partial charge in [0.1, 0.15) is 5.78 Å². The molecular formula is C10H12F3N3O. The topological polar surface area (TPSA) is 38.1 Å². The predicted octanol–water partition coefficient (Wildman–Crippen LogP) is 1.61. The van der Waals surface area contributed by atoms with Crippen LogP contribution in [-0.4, -0.2) is 28.4 Å². The fourth-order valence-corrected chi connectivity index (χ4v) is 1.84. The van der Waals surface area contributed by atoms with Crippen LogP contribution in [0.4, 0.5) is 19.1 Å². The van der Waals surface area contributed by atoms with Crippen LogP contribution >= 0.6 is 0 Å². The average molecular weight is 247 g/mol. The molecule has 1 aromatic heterocycles. The Balaban J connectivity index is 2.21. The number of halogens is 3. The zero-order chi connectivity index (χ0) is 12.6. The van der Waals surface area contributed by atoms with E-state index in [4.69, 9.17) is 0 Å². The lowest BCUT2D eigenvalue weighted by atomic mass is 10.1. The van der Waals surface area contributed by atoms with Gasteiger partial charge < -0.3 is 9.47 Å². The van der Waals surface area contributed by atoms with Gasteiger partial charge in [0.15, 0.2) is 5.69 Å². The van der Waals surface area contributed by atoms with Gasteiger partial charge >= 0.3 is 6.18 Å². The van der Waals surface area contributed by atoms with Crippen LogP contribution in [0.5, 0.6) is 0 Å². The van der Waals surface area contributed by atoms with Gasteiger partial charge in [-0.2, -0.15) is 13.2 Å². The highest BCUT2D eigenvalue weighted by Gasteiger charge is 2.35. The van der Waals surface area contributed by atoms with E-state index in [2.05, 4.69) is 4.98 Å². The maximum atomic E-state index is 12.5. The molecule has 0 aromatic carbocycles. The fourth-order valence-electron chi connectivity index (χ4n) is 1.84. The number of alkyl halides is 3. The highest BCUT2D eigenvalue weighted by Crippen LogP contribution is 2.30. The van der Waals surface area contributed by atoms with E-state index < -0.39 is 11.9 Å². The number of anilines is 1. The molecule has 1 aromatic rings. The number of Topliss-reactive ketones (excluding diaryl/α,β-unsaturated/α-hetero) is 1. The first-order chi connectivity index (χ1) is 7.88. The molecule has 7 heteroatoms. The Morgan fingerprint density at radius 3 is 2.35 bits per heavy atom. The Kier molecular flexibility index (Phi) is 2.84. The monoisotopic (exact) mass is 247 g/mol. The highest BCUT2D eigenvalue weighted by molar-refractivity contribution is 5.80. The van der Waals surface area contributed by atoms with Gasteiger partial charge in [0, 0.05) is 39.2 Å². The summed E-state index contributed by atoms with van der Waals surface area (Å²) in [6.07, 6.45) is -2.73. The van der Waals surface area contributed by atoms with Gasteiger partial charge in [-0.1, -0.05) is 0 Å². The molecule has 4 nitrogen and oxygen atoms in total. The quantitative estimate of drug-likeness (QED) is 0.756. The maximum Gasteiger partial charge on any atom is 0.434 e. The van der Waals surface area contributed by atoms with Gasteiger partial charge in [-0.3, -0.25) is 4.79 Å². The number of aryl methyl sites for hydroxylation is 1. The normalized spacial score (nSPS) is 17.6. The fraction of sp³-hybridized carbons (Fsp3) is 0.600. The summed E-state index contributed by atoms with van der Waals surface area (Å²) >= 11 is 0. The summed E-state index contributed by atoms with van der Waals surface area (Å²) in [4.78, 5) is 16.3. The molecule has 0 spiro atoms. The summed E-state index contributed by atoms with van der Waals surface area (Å²) in [6.45, 7) is 0.863. The van der Waals surface area contributed by atoms with Gasteiger partial charge in [-0.05, 0) is 0 Å². The number of carbonyl (C=O) groups excluding carboxylic acids is 1. The minimum absolute atomic E-state index is 0.145. The van der Waals surface area contributed by atoms with Crippen molar-refractivity contribution in [3.63, 3.8) is 0 Å². The van der Waals surface area contributed by atoms with Gasteiger partial charge in [0.05, 0.1) is 0 Å². The van der Waals surface area contributed by atoms with Crippen LogP contribution in [0, 0.1) is 0 Å². The Labute approximate surface area is 96.0 Å². The third-order valence-corrected chi connectivity index (χ3v) is 2.75. The number of ketones is 1. The molecular weight excluding hydrogens is 235 g/mol. The molecule has 17 heavy (non-hydrogen) atoms.